The zero-order chi connectivity index (χ0) is 36.7. The number of carbonyl (C=O) groups excluding carboxylic acids is 3. The molecule has 2 fully saturated rings. The van der Waals surface area contributed by atoms with E-state index in [-0.39, 0.29) is 29.8 Å². The summed E-state index contributed by atoms with van der Waals surface area (Å²) in [6.45, 7) is 7.55. The van der Waals surface area contributed by atoms with Gasteiger partial charge in [-0.05, 0) is 50.8 Å². The van der Waals surface area contributed by atoms with Crippen molar-refractivity contribution in [3.8, 4) is 0 Å². The number of hydrazine groups is 2. The van der Waals surface area contributed by atoms with Crippen LogP contribution in [0.15, 0.2) is 35.1 Å². The maximum atomic E-state index is 12.1. The summed E-state index contributed by atoms with van der Waals surface area (Å²) in [4.78, 5) is 44.6. The second-order valence-corrected chi connectivity index (χ2v) is 16.4. The van der Waals surface area contributed by atoms with Gasteiger partial charge in [-0.15, -0.1) is 28.6 Å². The first-order chi connectivity index (χ1) is 25.3. The molecular formula is C35H53N9O5S3. The number of Topliss-reactive ketones (excluding diaryl/α,β-unsaturated/α-hetero) is 1. The Labute approximate surface area is 318 Å². The summed E-state index contributed by atoms with van der Waals surface area (Å²) in [6.07, 6.45) is 7.66. The summed E-state index contributed by atoms with van der Waals surface area (Å²) >= 11 is 5.35. The molecule has 1 aromatic heterocycles. The Kier molecular flexibility index (Phi) is 16.2. The molecule has 17 heteroatoms. The van der Waals surface area contributed by atoms with Gasteiger partial charge in [0.2, 0.25) is 5.91 Å². The highest BCUT2D eigenvalue weighted by Gasteiger charge is 2.42. The average Bonchev–Trinajstić information content (AvgIpc) is 3.97. The molecule has 6 rings (SSSR count). The van der Waals surface area contributed by atoms with Crippen molar-refractivity contribution in [2.45, 2.75) is 82.2 Å². The van der Waals surface area contributed by atoms with Crippen molar-refractivity contribution in [2.24, 2.45) is 4.99 Å². The number of anilines is 1. The number of urea groups is 1. The molecule has 4 atom stereocenters. The zero-order valence-electron chi connectivity index (χ0n) is 30.3. The number of aromatic nitrogens is 1. The number of carbonyl (C=O) groups is 3. The van der Waals surface area contributed by atoms with Crippen LogP contribution in [-0.4, -0.2) is 114 Å². The maximum absolute atomic E-state index is 12.1. The van der Waals surface area contributed by atoms with Crippen LogP contribution in [0, 0.1) is 0 Å². The highest BCUT2D eigenvalue weighted by Crippen LogP contribution is 2.33. The predicted molar refractivity (Wildman–Crippen MR) is 212 cm³/mol. The third kappa shape index (κ3) is 12.8. The molecule has 14 nitrogen and oxygen atoms in total. The monoisotopic (exact) mass is 775 g/mol. The fraction of sp³-hybridized carbons (Fsp3) is 0.629. The number of nitrogens with zero attached hydrogens (tertiary/aromatic N) is 3. The highest BCUT2D eigenvalue weighted by atomic mass is 32.2. The Morgan fingerprint density at radius 3 is 2.69 bits per heavy atom. The topological polar surface area (TPSA) is 170 Å². The highest BCUT2D eigenvalue weighted by molar-refractivity contribution is 8.15. The summed E-state index contributed by atoms with van der Waals surface area (Å²) in [7, 11) is 1.91. The molecule has 3 amide bonds. The SMILES string of the molecule is CC1CSC(c2nc3ccc(NCC(=O)CCC4=CN(C)NN4)cc3s2)=N1.CCCOCCOCCNC(=O)CCCC[C@@H]1SCC2NC(=O)NC21. The van der Waals surface area contributed by atoms with Crippen LogP contribution in [0.1, 0.15) is 63.8 Å². The number of hydrogen-bond donors (Lipinski definition) is 6. The van der Waals surface area contributed by atoms with Crippen LogP contribution in [0.5, 0.6) is 0 Å². The maximum Gasteiger partial charge on any atom is 0.315 e. The van der Waals surface area contributed by atoms with Crippen LogP contribution < -0.4 is 32.2 Å². The normalized spacial score (nSPS) is 21.8. The minimum absolute atomic E-state index is 0.0428. The van der Waals surface area contributed by atoms with Crippen molar-refractivity contribution >= 4 is 73.5 Å². The molecule has 6 N–H and O–H groups in total. The van der Waals surface area contributed by atoms with Crippen molar-refractivity contribution in [2.75, 3.05) is 63.4 Å². The largest absolute Gasteiger partial charge is 0.379 e. The van der Waals surface area contributed by atoms with Gasteiger partial charge in [-0.25, -0.2) is 9.78 Å². The van der Waals surface area contributed by atoms with E-state index in [1.165, 1.54) is 0 Å². The van der Waals surface area contributed by atoms with Gasteiger partial charge in [0.05, 0.1) is 54.7 Å². The van der Waals surface area contributed by atoms with E-state index in [0.717, 1.165) is 75.4 Å². The van der Waals surface area contributed by atoms with Crippen LogP contribution in [-0.2, 0) is 19.1 Å². The van der Waals surface area contributed by atoms with Crippen molar-refractivity contribution in [1.29, 1.82) is 0 Å². The number of thioether (sulfide) groups is 2. The molecule has 52 heavy (non-hydrogen) atoms. The van der Waals surface area contributed by atoms with Gasteiger partial charge >= 0.3 is 6.03 Å². The van der Waals surface area contributed by atoms with E-state index in [0.29, 0.717) is 63.5 Å². The molecular weight excluding hydrogens is 723 g/mol. The number of thiazole rings is 1. The molecule has 0 spiro atoms. The molecule has 2 aromatic rings. The molecule has 3 unspecified atom stereocenters. The predicted octanol–water partition coefficient (Wildman–Crippen LogP) is 4.01. The van der Waals surface area contributed by atoms with Crippen molar-refractivity contribution in [1.82, 2.24) is 36.9 Å². The average molecular weight is 776 g/mol. The van der Waals surface area contributed by atoms with Crippen LogP contribution in [0.2, 0.25) is 0 Å². The fourth-order valence-electron chi connectivity index (χ4n) is 5.96. The molecule has 0 radical (unpaired) electrons. The van der Waals surface area contributed by atoms with Crippen molar-refractivity contribution in [3.63, 3.8) is 0 Å². The number of amides is 3. The van der Waals surface area contributed by atoms with Crippen molar-refractivity contribution in [3.05, 3.63) is 35.1 Å². The number of allylic oxidation sites excluding steroid dienone is 1. The molecule has 4 aliphatic rings. The summed E-state index contributed by atoms with van der Waals surface area (Å²) in [5, 5.41) is 16.4. The van der Waals surface area contributed by atoms with Gasteiger partial charge in [0.1, 0.15) is 10.1 Å². The molecule has 0 bridgehead atoms. The van der Waals surface area contributed by atoms with Gasteiger partial charge in [0, 0.05) is 67.4 Å². The molecule has 4 aliphatic heterocycles. The fourth-order valence-corrected chi connectivity index (χ4v) is 9.60. The third-order valence-electron chi connectivity index (χ3n) is 8.65. The summed E-state index contributed by atoms with van der Waals surface area (Å²) in [5.74, 6) is 2.28. The smallest absolute Gasteiger partial charge is 0.315 e. The third-order valence-corrected chi connectivity index (χ3v) is 12.5. The minimum atomic E-state index is -0.0428. The van der Waals surface area contributed by atoms with Crippen LogP contribution in [0.4, 0.5) is 10.5 Å². The Hall–Kier alpha value is -3.09. The molecule has 0 aliphatic carbocycles. The van der Waals surface area contributed by atoms with E-state index >= 15 is 0 Å². The number of fused-ring (bicyclic) bond motifs is 2. The Morgan fingerprint density at radius 1 is 1.08 bits per heavy atom. The first-order valence-corrected chi connectivity index (χ1v) is 21.1. The molecule has 5 heterocycles. The van der Waals surface area contributed by atoms with Crippen molar-refractivity contribution < 1.29 is 23.9 Å². The number of ketones is 1. The minimum Gasteiger partial charge on any atom is -0.379 e. The number of benzene rings is 1. The lowest BCUT2D eigenvalue weighted by molar-refractivity contribution is -0.121. The van der Waals surface area contributed by atoms with E-state index in [1.807, 2.05) is 42.2 Å². The molecule has 2 saturated heterocycles. The quantitative estimate of drug-likeness (QED) is 0.0846. The van der Waals surface area contributed by atoms with Gasteiger partial charge < -0.3 is 36.2 Å². The number of ether oxygens (including phenoxy) is 2. The number of hydrogen-bond acceptors (Lipinski definition) is 14. The van der Waals surface area contributed by atoms with Gasteiger partial charge in [0.15, 0.2) is 5.78 Å². The van der Waals surface area contributed by atoms with E-state index in [2.05, 4.69) is 57.1 Å². The van der Waals surface area contributed by atoms with E-state index in [9.17, 15) is 14.4 Å². The lowest BCUT2D eigenvalue weighted by atomic mass is 10.0. The first-order valence-electron chi connectivity index (χ1n) is 18.2. The second-order valence-electron chi connectivity index (χ2n) is 13.1. The van der Waals surface area contributed by atoms with Gasteiger partial charge in [-0.1, -0.05) is 13.3 Å². The second kappa shape index (κ2) is 21.0. The van der Waals surface area contributed by atoms with E-state index in [4.69, 9.17) is 14.5 Å². The summed E-state index contributed by atoms with van der Waals surface area (Å²) in [5.41, 5.74) is 8.91. The van der Waals surface area contributed by atoms with Gasteiger partial charge in [-0.3, -0.25) is 19.6 Å². The lowest BCUT2D eigenvalue weighted by Crippen LogP contribution is -2.36. The number of rotatable bonds is 20. The first kappa shape index (κ1) is 40.1. The number of aliphatic imine (C=N–C) groups is 1. The van der Waals surface area contributed by atoms with Gasteiger partial charge in [-0.2, -0.15) is 11.8 Å². The van der Waals surface area contributed by atoms with Gasteiger partial charge in [0.25, 0.3) is 0 Å². The standard InChI is InChI=1S/C18H22N6OS2.C17H31N3O4S/c1-11-10-26-17(20-11)18-21-15-6-4-12(7-16(15)27-18)19-8-14(25)5-3-13-9-24(2)23-22-13;1-2-8-23-10-11-24-9-7-18-15(21)6-4-3-5-14-16-13(12-25-14)19-17(22)20-16/h4,6-7,9,11,19,22-23H,3,5,8,10H2,1-2H3;13-14,16H,2-12H2,1H3,(H,18,21)(H2,19,20,22)/t;13?,14-,16?/m.0/s1. The number of nitrogens with one attached hydrogen (secondary N) is 6. The Morgan fingerprint density at radius 2 is 1.92 bits per heavy atom. The van der Waals surface area contributed by atoms with Crippen LogP contribution in [0.25, 0.3) is 10.2 Å². The number of unbranched alkanes of at least 4 members (excludes halogenated alkanes) is 1. The Bertz CT molecular complexity index is 1560. The molecule has 1 aromatic carbocycles. The molecule has 0 saturated carbocycles. The zero-order valence-corrected chi connectivity index (χ0v) is 32.8. The summed E-state index contributed by atoms with van der Waals surface area (Å²) in [6, 6.07) is 6.90. The lowest BCUT2D eigenvalue weighted by Gasteiger charge is -2.16. The van der Waals surface area contributed by atoms with E-state index in [1.54, 1.807) is 23.1 Å². The van der Waals surface area contributed by atoms with Crippen LogP contribution >= 0.6 is 34.9 Å². The molecule has 286 valence electrons. The summed E-state index contributed by atoms with van der Waals surface area (Å²) < 4.78 is 11.8. The van der Waals surface area contributed by atoms with Crippen LogP contribution in [0.3, 0.4) is 0 Å². The Balaban J connectivity index is 0.000000202. The van der Waals surface area contributed by atoms with E-state index < -0.39 is 0 Å².